The third-order valence-electron chi connectivity index (χ3n) is 6.13. The van der Waals surface area contributed by atoms with E-state index in [0.29, 0.717) is 11.2 Å². The van der Waals surface area contributed by atoms with E-state index in [-0.39, 0.29) is 16.7 Å². The molecule has 4 aromatic rings. The van der Waals surface area contributed by atoms with Crippen LogP contribution >= 0.6 is 0 Å². The van der Waals surface area contributed by atoms with Crippen LogP contribution in [0.4, 0.5) is 5.69 Å². The van der Waals surface area contributed by atoms with E-state index >= 15 is 0 Å². The fraction of sp³-hybridized carbons (Fsp3) is 0.222. The highest BCUT2D eigenvalue weighted by atomic mass is 32.2. The second kappa shape index (κ2) is 10.2. The molecule has 0 spiro atoms. The molecule has 10 heteroatoms. The second-order valence-electron chi connectivity index (χ2n) is 9.11. The van der Waals surface area contributed by atoms with Gasteiger partial charge < -0.3 is 5.32 Å². The molecule has 0 bridgehead atoms. The molecule has 1 aromatic heterocycles. The maximum atomic E-state index is 13.4. The molecule has 0 unspecified atom stereocenters. The van der Waals surface area contributed by atoms with Gasteiger partial charge in [0.15, 0.2) is 0 Å². The Hall–Kier alpha value is -4.02. The molecule has 0 saturated heterocycles. The SMILES string of the molecule is Cc1cc(C)cc(NC(=O)[C@H](Cc2ccccc2)NS(=O)(=O)c2ccc3c(c2)c(=O)n(C)c(=O)n3C)c1. The van der Waals surface area contributed by atoms with Gasteiger partial charge in [-0.25, -0.2) is 13.2 Å². The fourth-order valence-electron chi connectivity index (χ4n) is 4.31. The van der Waals surface area contributed by atoms with E-state index < -0.39 is 33.2 Å². The Balaban J connectivity index is 1.71. The summed E-state index contributed by atoms with van der Waals surface area (Å²) in [5.41, 5.74) is 2.44. The summed E-state index contributed by atoms with van der Waals surface area (Å²) in [6.45, 7) is 3.82. The molecule has 0 aliphatic carbocycles. The van der Waals surface area contributed by atoms with Crippen LogP contribution in [0.3, 0.4) is 0 Å². The lowest BCUT2D eigenvalue weighted by atomic mass is 10.1. The normalized spacial score (nSPS) is 12.4. The van der Waals surface area contributed by atoms with E-state index in [1.54, 1.807) is 0 Å². The summed E-state index contributed by atoms with van der Waals surface area (Å²) >= 11 is 0. The minimum absolute atomic E-state index is 0.0757. The summed E-state index contributed by atoms with van der Waals surface area (Å²) in [6.07, 6.45) is 0.112. The smallest absolute Gasteiger partial charge is 0.325 e. The first-order valence-corrected chi connectivity index (χ1v) is 13.1. The van der Waals surface area contributed by atoms with Crippen LogP contribution in [0, 0.1) is 13.8 Å². The van der Waals surface area contributed by atoms with Gasteiger partial charge in [-0.2, -0.15) is 4.72 Å². The van der Waals surface area contributed by atoms with Gasteiger partial charge in [-0.3, -0.25) is 18.7 Å². The molecule has 192 valence electrons. The van der Waals surface area contributed by atoms with Crippen molar-refractivity contribution in [3.05, 3.63) is 104 Å². The van der Waals surface area contributed by atoms with Gasteiger partial charge in [-0.15, -0.1) is 0 Å². The van der Waals surface area contributed by atoms with Crippen LogP contribution in [-0.4, -0.2) is 29.5 Å². The Bertz CT molecular complexity index is 1700. The predicted molar refractivity (Wildman–Crippen MR) is 143 cm³/mol. The van der Waals surface area contributed by atoms with Gasteiger partial charge in [0, 0.05) is 19.8 Å². The lowest BCUT2D eigenvalue weighted by molar-refractivity contribution is -0.117. The molecule has 0 fully saturated rings. The van der Waals surface area contributed by atoms with Crippen LogP contribution in [-0.2, 0) is 35.3 Å². The number of carbonyl (C=O) groups excluding carboxylic acids is 1. The van der Waals surface area contributed by atoms with Gasteiger partial charge in [0.05, 0.1) is 15.8 Å². The van der Waals surface area contributed by atoms with E-state index in [1.807, 2.05) is 62.4 Å². The highest BCUT2D eigenvalue weighted by Gasteiger charge is 2.27. The number of nitrogens with one attached hydrogen (secondary N) is 2. The molecule has 9 nitrogen and oxygen atoms in total. The van der Waals surface area contributed by atoms with Gasteiger partial charge in [-0.05, 0) is 67.3 Å². The molecule has 4 rings (SSSR count). The van der Waals surface area contributed by atoms with Gasteiger partial charge >= 0.3 is 5.69 Å². The van der Waals surface area contributed by atoms with Gasteiger partial charge in [-0.1, -0.05) is 36.4 Å². The maximum Gasteiger partial charge on any atom is 0.330 e. The summed E-state index contributed by atoms with van der Waals surface area (Å²) in [5.74, 6) is -0.517. The predicted octanol–water partition coefficient (Wildman–Crippen LogP) is 2.38. The quantitative estimate of drug-likeness (QED) is 0.388. The Morgan fingerprint density at radius 1 is 0.892 bits per heavy atom. The van der Waals surface area contributed by atoms with Crippen LogP contribution in [0.15, 0.2) is 81.2 Å². The largest absolute Gasteiger partial charge is 0.330 e. The molecule has 1 heterocycles. The van der Waals surface area contributed by atoms with Crippen molar-refractivity contribution < 1.29 is 13.2 Å². The number of sulfonamides is 1. The molecule has 1 amide bonds. The highest BCUT2D eigenvalue weighted by Crippen LogP contribution is 2.18. The number of amides is 1. The molecule has 0 saturated carbocycles. The topological polar surface area (TPSA) is 119 Å². The second-order valence-corrected chi connectivity index (χ2v) is 10.8. The van der Waals surface area contributed by atoms with E-state index in [9.17, 15) is 22.8 Å². The minimum atomic E-state index is -4.22. The van der Waals surface area contributed by atoms with Gasteiger partial charge in [0.2, 0.25) is 15.9 Å². The van der Waals surface area contributed by atoms with Crippen LogP contribution < -0.4 is 21.3 Å². The van der Waals surface area contributed by atoms with Crippen LogP contribution in [0.25, 0.3) is 10.9 Å². The van der Waals surface area contributed by atoms with Crippen molar-refractivity contribution in [1.29, 1.82) is 0 Å². The fourth-order valence-corrected chi connectivity index (χ4v) is 5.53. The van der Waals surface area contributed by atoms with Crippen molar-refractivity contribution in [1.82, 2.24) is 13.9 Å². The zero-order chi connectivity index (χ0) is 26.9. The van der Waals surface area contributed by atoms with Gasteiger partial charge in [0.1, 0.15) is 6.04 Å². The van der Waals surface area contributed by atoms with Crippen molar-refractivity contribution in [2.45, 2.75) is 31.2 Å². The number of rotatable bonds is 7. The zero-order valence-corrected chi connectivity index (χ0v) is 21.8. The third-order valence-corrected chi connectivity index (χ3v) is 7.60. The number of nitrogens with zero attached hydrogens (tertiary/aromatic N) is 2. The monoisotopic (exact) mass is 520 g/mol. The summed E-state index contributed by atoms with van der Waals surface area (Å²) < 4.78 is 31.5. The van der Waals surface area contributed by atoms with Crippen molar-refractivity contribution in [3.8, 4) is 0 Å². The number of fused-ring (bicyclic) bond motifs is 1. The Morgan fingerprint density at radius 2 is 1.54 bits per heavy atom. The Labute approximate surface area is 214 Å². The molecule has 0 aliphatic rings. The molecule has 1 atom stereocenters. The summed E-state index contributed by atoms with van der Waals surface area (Å²) in [7, 11) is -1.39. The van der Waals surface area contributed by atoms with E-state index in [0.717, 1.165) is 21.3 Å². The van der Waals surface area contributed by atoms with Crippen molar-refractivity contribution in [2.75, 3.05) is 5.32 Å². The first kappa shape index (κ1) is 26.1. The van der Waals surface area contributed by atoms with Crippen LogP contribution in [0.2, 0.25) is 0 Å². The molecule has 0 radical (unpaired) electrons. The average molecular weight is 521 g/mol. The summed E-state index contributed by atoms with van der Waals surface area (Å²) in [4.78, 5) is 38.0. The van der Waals surface area contributed by atoms with Crippen LogP contribution in [0.1, 0.15) is 16.7 Å². The number of anilines is 1. The lowest BCUT2D eigenvalue weighted by Gasteiger charge is -2.19. The highest BCUT2D eigenvalue weighted by molar-refractivity contribution is 7.89. The minimum Gasteiger partial charge on any atom is -0.325 e. The molecular formula is C27H28N4O5S. The van der Waals surface area contributed by atoms with Gasteiger partial charge in [0.25, 0.3) is 5.56 Å². The first-order chi connectivity index (χ1) is 17.5. The summed E-state index contributed by atoms with van der Waals surface area (Å²) in [5, 5.41) is 2.90. The van der Waals surface area contributed by atoms with Crippen molar-refractivity contribution >= 4 is 32.5 Å². The molecule has 2 N–H and O–H groups in total. The van der Waals surface area contributed by atoms with E-state index in [4.69, 9.17) is 0 Å². The number of carbonyl (C=O) groups is 1. The van der Waals surface area contributed by atoms with Crippen LogP contribution in [0.5, 0.6) is 0 Å². The number of benzene rings is 3. The number of hydrogen-bond donors (Lipinski definition) is 2. The van der Waals surface area contributed by atoms with E-state index in [1.165, 1.54) is 36.9 Å². The van der Waals surface area contributed by atoms with Crippen molar-refractivity contribution in [3.63, 3.8) is 0 Å². The Morgan fingerprint density at radius 3 is 2.19 bits per heavy atom. The Kier molecular flexibility index (Phi) is 7.15. The lowest BCUT2D eigenvalue weighted by Crippen LogP contribution is -2.45. The number of aromatic nitrogens is 2. The molecule has 37 heavy (non-hydrogen) atoms. The van der Waals surface area contributed by atoms with E-state index in [2.05, 4.69) is 10.0 Å². The third kappa shape index (κ3) is 5.55. The molecular weight excluding hydrogens is 492 g/mol. The molecule has 3 aromatic carbocycles. The summed E-state index contributed by atoms with van der Waals surface area (Å²) in [6, 6.07) is 17.5. The number of hydrogen-bond acceptors (Lipinski definition) is 5. The average Bonchev–Trinajstić information content (AvgIpc) is 2.85. The number of aryl methyl sites for hydroxylation is 3. The standard InChI is InChI=1S/C27H28N4O5S/c1-17-12-18(2)14-20(13-17)28-25(32)23(15-19-8-6-5-7-9-19)29-37(35,36)21-10-11-24-22(16-21)26(33)31(4)27(34)30(24)3/h5-14,16,23,29H,15H2,1-4H3,(H,28,32)/t23-/m0/s1. The first-order valence-electron chi connectivity index (χ1n) is 11.6. The maximum absolute atomic E-state index is 13.4. The zero-order valence-electron chi connectivity index (χ0n) is 21.0. The van der Waals surface area contributed by atoms with Crippen molar-refractivity contribution in [2.24, 2.45) is 14.1 Å². The molecule has 0 aliphatic heterocycles.